The van der Waals surface area contributed by atoms with E-state index < -0.39 is 10.0 Å². The highest BCUT2D eigenvalue weighted by atomic mass is 32.2. The maximum Gasteiger partial charge on any atom is 0.282 e. The molecule has 0 N–H and O–H groups in total. The maximum absolute atomic E-state index is 12.6. The van der Waals surface area contributed by atoms with Crippen molar-refractivity contribution in [3.8, 4) is 0 Å². The largest absolute Gasteiger partial charge is 0.377 e. The summed E-state index contributed by atoms with van der Waals surface area (Å²) in [6.07, 6.45) is 9.09. The van der Waals surface area contributed by atoms with Crippen LogP contribution in [0.2, 0.25) is 0 Å². The van der Waals surface area contributed by atoms with E-state index in [1.165, 1.54) is 19.3 Å². The van der Waals surface area contributed by atoms with E-state index in [1.807, 2.05) is 6.92 Å². The van der Waals surface area contributed by atoms with Crippen LogP contribution in [-0.4, -0.2) is 27.3 Å². The van der Waals surface area contributed by atoms with E-state index in [1.54, 1.807) is 31.4 Å². The Morgan fingerprint density at radius 2 is 1.88 bits per heavy atom. The topological polar surface area (TPSA) is 55.7 Å². The lowest BCUT2D eigenvalue weighted by molar-refractivity contribution is 0.126. The summed E-state index contributed by atoms with van der Waals surface area (Å²) in [6, 6.07) is 6.82. The van der Waals surface area contributed by atoms with E-state index in [4.69, 9.17) is 4.74 Å². The fraction of sp³-hybridized carbons (Fsp3) is 0.550. The fourth-order valence-electron chi connectivity index (χ4n) is 3.11. The number of sulfonamides is 1. The van der Waals surface area contributed by atoms with Gasteiger partial charge in [0.05, 0.1) is 16.7 Å². The molecule has 0 saturated heterocycles. The second-order valence-corrected chi connectivity index (χ2v) is 8.20. The SMILES string of the molecule is CCCCCCC(OC)C1=CCC/C1=N\S(=O)(=O)c1ccc(C)cc1. The molecule has 0 radical (unpaired) electrons. The highest BCUT2D eigenvalue weighted by molar-refractivity contribution is 7.90. The van der Waals surface area contributed by atoms with Gasteiger partial charge < -0.3 is 4.74 Å². The summed E-state index contributed by atoms with van der Waals surface area (Å²) in [5.74, 6) is 0. The van der Waals surface area contributed by atoms with Crippen LogP contribution in [0.1, 0.15) is 57.4 Å². The predicted octanol–water partition coefficient (Wildman–Crippen LogP) is 4.83. The standard InChI is InChI=1S/C20H29NO3S/c1-4-5-6-7-11-20(24-3)18-9-8-10-19(18)21-25(22,23)17-14-12-16(2)13-15-17/h9,12-15,20H,4-8,10-11H2,1-3H3/b21-19+. The zero-order valence-electron chi connectivity index (χ0n) is 15.5. The highest BCUT2D eigenvalue weighted by Crippen LogP contribution is 2.26. The molecule has 4 nitrogen and oxygen atoms in total. The Morgan fingerprint density at radius 3 is 2.52 bits per heavy atom. The van der Waals surface area contributed by atoms with E-state index in [2.05, 4.69) is 17.4 Å². The van der Waals surface area contributed by atoms with Gasteiger partial charge in [0.15, 0.2) is 0 Å². The number of ether oxygens (including phenoxy) is 1. The van der Waals surface area contributed by atoms with Gasteiger partial charge in [0.1, 0.15) is 0 Å². The van der Waals surface area contributed by atoms with Crippen LogP contribution in [0.15, 0.2) is 45.2 Å². The molecule has 0 aliphatic heterocycles. The van der Waals surface area contributed by atoms with Crippen LogP contribution in [0.3, 0.4) is 0 Å². The lowest BCUT2D eigenvalue weighted by Gasteiger charge is -2.17. The van der Waals surface area contributed by atoms with Crippen LogP contribution in [0, 0.1) is 6.92 Å². The summed E-state index contributed by atoms with van der Waals surface area (Å²) in [5, 5.41) is 0. The van der Waals surface area contributed by atoms with Crippen LogP contribution in [-0.2, 0) is 14.8 Å². The molecule has 1 aliphatic carbocycles. The molecule has 1 unspecified atom stereocenters. The van der Waals surface area contributed by atoms with Gasteiger partial charge in [0.2, 0.25) is 0 Å². The molecule has 0 saturated carbocycles. The van der Waals surface area contributed by atoms with Crippen molar-refractivity contribution in [2.75, 3.05) is 7.11 Å². The number of aryl methyl sites for hydroxylation is 1. The molecule has 2 rings (SSSR count). The van der Waals surface area contributed by atoms with Gasteiger partial charge in [0, 0.05) is 7.11 Å². The number of unbranched alkanes of at least 4 members (excludes halogenated alkanes) is 3. The van der Waals surface area contributed by atoms with Gasteiger partial charge in [-0.25, -0.2) is 0 Å². The van der Waals surface area contributed by atoms with Crippen molar-refractivity contribution >= 4 is 15.7 Å². The third kappa shape index (κ3) is 5.51. The molecule has 1 aromatic carbocycles. The molecular weight excluding hydrogens is 334 g/mol. The third-order valence-electron chi connectivity index (χ3n) is 4.58. The zero-order valence-corrected chi connectivity index (χ0v) is 16.3. The van der Waals surface area contributed by atoms with Crippen LogP contribution < -0.4 is 0 Å². The van der Waals surface area contributed by atoms with E-state index in [0.717, 1.165) is 30.4 Å². The van der Waals surface area contributed by atoms with E-state index in [9.17, 15) is 8.42 Å². The molecule has 5 heteroatoms. The first-order chi connectivity index (χ1) is 12.0. The van der Waals surface area contributed by atoms with Gasteiger partial charge in [-0.2, -0.15) is 12.8 Å². The van der Waals surface area contributed by atoms with Crippen LogP contribution in [0.4, 0.5) is 0 Å². The molecule has 0 amide bonds. The molecule has 0 fully saturated rings. The number of benzene rings is 1. The summed E-state index contributed by atoms with van der Waals surface area (Å²) in [6.45, 7) is 4.12. The number of allylic oxidation sites excluding steroid dienone is 1. The monoisotopic (exact) mass is 363 g/mol. The number of rotatable bonds is 9. The smallest absolute Gasteiger partial charge is 0.282 e. The van der Waals surface area contributed by atoms with Crippen LogP contribution in [0.5, 0.6) is 0 Å². The summed E-state index contributed by atoms with van der Waals surface area (Å²) in [7, 11) is -1.98. The average Bonchev–Trinajstić information content (AvgIpc) is 3.02. The normalized spacial score (nSPS) is 17.7. The third-order valence-corrected chi connectivity index (χ3v) is 5.91. The van der Waals surface area contributed by atoms with Crippen molar-refractivity contribution in [2.24, 2.45) is 4.40 Å². The lowest BCUT2D eigenvalue weighted by Crippen LogP contribution is -2.19. The molecule has 0 aromatic heterocycles. The van der Waals surface area contributed by atoms with Gasteiger partial charge in [0.25, 0.3) is 10.0 Å². The second-order valence-electron chi connectivity index (χ2n) is 6.60. The first-order valence-corrected chi connectivity index (χ1v) is 10.6. The molecule has 138 valence electrons. The second kappa shape index (κ2) is 9.30. The lowest BCUT2D eigenvalue weighted by atomic mass is 10.0. The molecular formula is C20H29NO3S. The van der Waals surface area contributed by atoms with E-state index >= 15 is 0 Å². The average molecular weight is 364 g/mol. The van der Waals surface area contributed by atoms with Gasteiger partial charge in [-0.15, -0.1) is 0 Å². The maximum atomic E-state index is 12.6. The molecule has 0 heterocycles. The summed E-state index contributed by atoms with van der Waals surface area (Å²) < 4.78 is 35.0. The summed E-state index contributed by atoms with van der Waals surface area (Å²) >= 11 is 0. The van der Waals surface area contributed by atoms with Crippen LogP contribution in [0.25, 0.3) is 0 Å². The Hall–Kier alpha value is -1.46. The Balaban J connectivity index is 2.15. The zero-order chi connectivity index (χ0) is 18.3. The molecule has 1 atom stereocenters. The van der Waals surface area contributed by atoms with Gasteiger partial charge in [-0.3, -0.25) is 0 Å². The van der Waals surface area contributed by atoms with Crippen molar-refractivity contribution in [1.82, 2.24) is 0 Å². The van der Waals surface area contributed by atoms with Crippen molar-refractivity contribution < 1.29 is 13.2 Å². The number of methoxy groups -OCH3 is 1. The van der Waals surface area contributed by atoms with Crippen molar-refractivity contribution in [2.45, 2.75) is 69.8 Å². The minimum atomic E-state index is -3.67. The number of hydrogen-bond donors (Lipinski definition) is 0. The minimum Gasteiger partial charge on any atom is -0.377 e. The Morgan fingerprint density at radius 1 is 1.16 bits per heavy atom. The van der Waals surface area contributed by atoms with E-state index in [-0.39, 0.29) is 11.0 Å². The first kappa shape index (κ1) is 19.9. The van der Waals surface area contributed by atoms with Crippen molar-refractivity contribution in [1.29, 1.82) is 0 Å². The van der Waals surface area contributed by atoms with Gasteiger partial charge in [-0.1, -0.05) is 56.4 Å². The summed E-state index contributed by atoms with van der Waals surface area (Å²) in [4.78, 5) is 0.244. The predicted molar refractivity (Wildman–Crippen MR) is 103 cm³/mol. The minimum absolute atomic E-state index is 0.0636. The Labute approximate surface area is 152 Å². The molecule has 1 aliphatic rings. The molecule has 1 aromatic rings. The van der Waals surface area contributed by atoms with Gasteiger partial charge in [-0.05, 0) is 43.9 Å². The van der Waals surface area contributed by atoms with Gasteiger partial charge >= 0.3 is 0 Å². The fourth-order valence-corrected chi connectivity index (χ4v) is 4.18. The molecule has 0 bridgehead atoms. The Bertz CT molecular complexity index is 718. The van der Waals surface area contributed by atoms with E-state index in [0.29, 0.717) is 12.1 Å². The Kier molecular flexibility index (Phi) is 7.38. The molecule has 25 heavy (non-hydrogen) atoms. The molecule has 0 spiro atoms. The van der Waals surface area contributed by atoms with Crippen molar-refractivity contribution in [3.05, 3.63) is 41.5 Å². The number of nitrogens with zero attached hydrogens (tertiary/aromatic N) is 1. The number of hydrogen-bond acceptors (Lipinski definition) is 3. The van der Waals surface area contributed by atoms with Crippen molar-refractivity contribution in [3.63, 3.8) is 0 Å². The summed E-state index contributed by atoms with van der Waals surface area (Å²) in [5.41, 5.74) is 2.64. The van der Waals surface area contributed by atoms with Crippen LogP contribution >= 0.6 is 0 Å². The first-order valence-electron chi connectivity index (χ1n) is 9.11. The highest BCUT2D eigenvalue weighted by Gasteiger charge is 2.25. The quantitative estimate of drug-likeness (QED) is 0.590.